The fourth-order valence-electron chi connectivity index (χ4n) is 3.57. The van der Waals surface area contributed by atoms with E-state index in [1.807, 2.05) is 0 Å². The Morgan fingerprint density at radius 1 is 1.22 bits per heavy atom. The Morgan fingerprint density at radius 2 is 1.91 bits per heavy atom. The molecule has 0 saturated carbocycles. The topological polar surface area (TPSA) is 92.3 Å². The standard InChI is InChI=1S/C20H25F3N4O5/c1-12(28)31-8-7-27-14-9-13(20(21,22)23)10-24-16(14)26-6-5-25(11-15(26)17(27)29)18(30)32-19(2,3)4/h9-10,15H,5-8,11H2,1-4H3/t15-/m0/s1. The average molecular weight is 458 g/mol. The number of ether oxygens (including phenoxy) is 2. The van der Waals surface area contributed by atoms with Crippen molar-refractivity contribution < 1.29 is 37.0 Å². The van der Waals surface area contributed by atoms with Gasteiger partial charge in [0.1, 0.15) is 18.2 Å². The van der Waals surface area contributed by atoms with Crippen LogP contribution < -0.4 is 9.80 Å². The Bertz CT molecular complexity index is 915. The number of esters is 1. The minimum atomic E-state index is -4.64. The second-order valence-corrected chi connectivity index (χ2v) is 8.53. The van der Waals surface area contributed by atoms with Crippen LogP contribution in [-0.2, 0) is 25.2 Å². The first kappa shape index (κ1) is 23.6. The fourth-order valence-corrected chi connectivity index (χ4v) is 3.57. The van der Waals surface area contributed by atoms with Gasteiger partial charge < -0.3 is 24.2 Å². The van der Waals surface area contributed by atoms with Gasteiger partial charge in [-0.2, -0.15) is 13.2 Å². The molecule has 1 aromatic heterocycles. The molecule has 1 aromatic rings. The molecule has 12 heteroatoms. The van der Waals surface area contributed by atoms with E-state index < -0.39 is 41.4 Å². The Labute approximate surface area is 183 Å². The van der Waals surface area contributed by atoms with Crippen molar-refractivity contribution in [3.8, 4) is 0 Å². The number of carbonyl (C=O) groups is 3. The number of carbonyl (C=O) groups excluding carboxylic acids is 3. The largest absolute Gasteiger partial charge is 0.464 e. The molecule has 0 aromatic carbocycles. The molecule has 2 amide bonds. The van der Waals surface area contributed by atoms with Gasteiger partial charge in [-0.1, -0.05) is 0 Å². The molecule has 2 aliphatic heterocycles. The number of piperazine rings is 1. The molecule has 0 bridgehead atoms. The zero-order chi connectivity index (χ0) is 23.8. The Kier molecular flexibility index (Phi) is 6.25. The van der Waals surface area contributed by atoms with Gasteiger partial charge in [-0.3, -0.25) is 9.59 Å². The Balaban J connectivity index is 1.92. The average Bonchev–Trinajstić information content (AvgIpc) is 2.67. The summed E-state index contributed by atoms with van der Waals surface area (Å²) in [6.45, 7) is 6.42. The monoisotopic (exact) mass is 458 g/mol. The number of hydrogen-bond acceptors (Lipinski definition) is 7. The van der Waals surface area contributed by atoms with Gasteiger partial charge >= 0.3 is 18.2 Å². The molecule has 0 aliphatic carbocycles. The summed E-state index contributed by atoms with van der Waals surface area (Å²) >= 11 is 0. The molecule has 32 heavy (non-hydrogen) atoms. The SMILES string of the molecule is CC(=O)OCCN1C(=O)[C@@H]2CN(C(=O)OC(C)(C)C)CCN2c2ncc(C(F)(F)F)cc21. The van der Waals surface area contributed by atoms with Crippen LogP contribution in [-0.4, -0.2) is 72.3 Å². The van der Waals surface area contributed by atoms with Gasteiger partial charge in [0.2, 0.25) is 0 Å². The lowest BCUT2D eigenvalue weighted by molar-refractivity contribution is -0.141. The van der Waals surface area contributed by atoms with Crippen molar-refractivity contribution in [2.75, 3.05) is 42.6 Å². The van der Waals surface area contributed by atoms with Crippen LogP contribution in [0.3, 0.4) is 0 Å². The highest BCUT2D eigenvalue weighted by molar-refractivity contribution is 6.05. The molecule has 0 spiro atoms. The molecule has 0 radical (unpaired) electrons. The van der Waals surface area contributed by atoms with E-state index in [2.05, 4.69) is 4.98 Å². The van der Waals surface area contributed by atoms with Crippen molar-refractivity contribution in [1.29, 1.82) is 0 Å². The molecule has 1 fully saturated rings. The quantitative estimate of drug-likeness (QED) is 0.643. The van der Waals surface area contributed by atoms with Crippen molar-refractivity contribution in [2.24, 2.45) is 0 Å². The molecule has 0 N–H and O–H groups in total. The van der Waals surface area contributed by atoms with E-state index in [1.165, 1.54) is 11.8 Å². The first-order valence-corrected chi connectivity index (χ1v) is 10.0. The van der Waals surface area contributed by atoms with Crippen LogP contribution in [0.5, 0.6) is 0 Å². The summed E-state index contributed by atoms with van der Waals surface area (Å²) in [5.41, 5.74) is -1.73. The lowest BCUT2D eigenvalue weighted by Gasteiger charge is -2.47. The zero-order valence-corrected chi connectivity index (χ0v) is 18.2. The summed E-state index contributed by atoms with van der Waals surface area (Å²) in [5, 5.41) is 0. The highest BCUT2D eigenvalue weighted by Crippen LogP contribution is 2.40. The second-order valence-electron chi connectivity index (χ2n) is 8.53. The van der Waals surface area contributed by atoms with E-state index in [1.54, 1.807) is 25.7 Å². The highest BCUT2D eigenvalue weighted by Gasteiger charge is 2.45. The summed E-state index contributed by atoms with van der Waals surface area (Å²) in [6.07, 6.45) is -4.50. The summed E-state index contributed by atoms with van der Waals surface area (Å²) in [7, 11) is 0. The van der Waals surface area contributed by atoms with E-state index in [0.717, 1.165) is 17.2 Å². The maximum atomic E-state index is 13.3. The van der Waals surface area contributed by atoms with Crippen LogP contribution in [0, 0.1) is 0 Å². The van der Waals surface area contributed by atoms with E-state index in [-0.39, 0.29) is 44.3 Å². The van der Waals surface area contributed by atoms with Crippen molar-refractivity contribution in [1.82, 2.24) is 9.88 Å². The number of aromatic nitrogens is 1. The van der Waals surface area contributed by atoms with Crippen molar-refractivity contribution >= 4 is 29.5 Å². The highest BCUT2D eigenvalue weighted by atomic mass is 19.4. The van der Waals surface area contributed by atoms with Gasteiger partial charge in [0.05, 0.1) is 24.3 Å². The van der Waals surface area contributed by atoms with Crippen LogP contribution in [0.1, 0.15) is 33.3 Å². The van der Waals surface area contributed by atoms with E-state index in [9.17, 15) is 27.6 Å². The number of anilines is 2. The molecular formula is C20H25F3N4O5. The number of pyridine rings is 1. The maximum absolute atomic E-state index is 13.3. The van der Waals surface area contributed by atoms with Crippen LogP contribution >= 0.6 is 0 Å². The molecule has 1 saturated heterocycles. The number of alkyl halides is 3. The molecule has 3 heterocycles. The summed E-state index contributed by atoms with van der Waals surface area (Å²) in [5.74, 6) is -0.888. The number of nitrogens with zero attached hydrogens (tertiary/aromatic N) is 4. The fraction of sp³-hybridized carbons (Fsp3) is 0.600. The van der Waals surface area contributed by atoms with Crippen LogP contribution in [0.15, 0.2) is 12.3 Å². The third kappa shape index (κ3) is 5.05. The second kappa shape index (κ2) is 8.47. The predicted molar refractivity (Wildman–Crippen MR) is 107 cm³/mol. The number of rotatable bonds is 3. The van der Waals surface area contributed by atoms with E-state index in [0.29, 0.717) is 0 Å². The van der Waals surface area contributed by atoms with Crippen LogP contribution in [0.4, 0.5) is 29.5 Å². The summed E-state index contributed by atoms with van der Waals surface area (Å²) < 4.78 is 50.1. The molecule has 3 rings (SSSR count). The van der Waals surface area contributed by atoms with Crippen molar-refractivity contribution in [3.63, 3.8) is 0 Å². The van der Waals surface area contributed by atoms with Crippen molar-refractivity contribution in [2.45, 2.75) is 45.5 Å². The summed E-state index contributed by atoms with van der Waals surface area (Å²) in [4.78, 5) is 45.0. The van der Waals surface area contributed by atoms with Crippen LogP contribution in [0.2, 0.25) is 0 Å². The zero-order valence-electron chi connectivity index (χ0n) is 18.2. The maximum Gasteiger partial charge on any atom is 0.417 e. The normalized spacial score (nSPS) is 18.8. The van der Waals surface area contributed by atoms with E-state index >= 15 is 0 Å². The first-order valence-electron chi connectivity index (χ1n) is 10.0. The number of amides is 2. The van der Waals surface area contributed by atoms with Gasteiger partial charge in [0, 0.05) is 26.2 Å². The first-order chi connectivity index (χ1) is 14.8. The lowest BCUT2D eigenvalue weighted by Crippen LogP contribution is -2.64. The molecule has 176 valence electrons. The Morgan fingerprint density at radius 3 is 2.50 bits per heavy atom. The lowest BCUT2D eigenvalue weighted by atomic mass is 10.0. The van der Waals surface area contributed by atoms with Crippen LogP contribution in [0.25, 0.3) is 0 Å². The summed E-state index contributed by atoms with van der Waals surface area (Å²) in [6, 6.07) is 0.00936. The molecule has 0 unspecified atom stereocenters. The third-order valence-electron chi connectivity index (χ3n) is 4.94. The third-order valence-corrected chi connectivity index (χ3v) is 4.94. The minimum Gasteiger partial charge on any atom is -0.464 e. The van der Waals surface area contributed by atoms with Gasteiger partial charge in [0.15, 0.2) is 5.82 Å². The predicted octanol–water partition coefficient (Wildman–Crippen LogP) is 2.44. The number of halogens is 3. The molecule has 9 nitrogen and oxygen atoms in total. The minimum absolute atomic E-state index is 0.0139. The number of fused-ring (bicyclic) bond motifs is 3. The molecule has 1 atom stereocenters. The van der Waals surface area contributed by atoms with Gasteiger partial charge in [-0.25, -0.2) is 9.78 Å². The van der Waals surface area contributed by atoms with Gasteiger partial charge in [-0.15, -0.1) is 0 Å². The van der Waals surface area contributed by atoms with Gasteiger partial charge in [-0.05, 0) is 26.8 Å². The molecule has 2 aliphatic rings. The van der Waals surface area contributed by atoms with E-state index in [4.69, 9.17) is 9.47 Å². The Hall–Kier alpha value is -3.05. The van der Waals surface area contributed by atoms with Crippen molar-refractivity contribution in [3.05, 3.63) is 17.8 Å². The van der Waals surface area contributed by atoms with Gasteiger partial charge in [0.25, 0.3) is 5.91 Å². The molecular weight excluding hydrogens is 433 g/mol. The number of hydrogen-bond donors (Lipinski definition) is 0. The smallest absolute Gasteiger partial charge is 0.417 e.